The van der Waals surface area contributed by atoms with E-state index in [-0.39, 0.29) is 6.04 Å². The predicted molar refractivity (Wildman–Crippen MR) is 70.3 cm³/mol. The van der Waals surface area contributed by atoms with Gasteiger partial charge >= 0.3 is 0 Å². The molecule has 1 unspecified atom stereocenters. The monoisotopic (exact) mass is 262 g/mol. The highest BCUT2D eigenvalue weighted by atomic mass is 16.5. The number of benzene rings is 1. The van der Waals surface area contributed by atoms with Gasteiger partial charge in [-0.2, -0.15) is 4.80 Å². The Balaban J connectivity index is 2.19. The number of aromatic nitrogens is 4. The van der Waals surface area contributed by atoms with Crippen LogP contribution in [0.2, 0.25) is 0 Å². The van der Waals surface area contributed by atoms with Gasteiger partial charge in [-0.1, -0.05) is 12.1 Å². The van der Waals surface area contributed by atoms with Gasteiger partial charge in [-0.15, -0.1) is 10.2 Å². The Morgan fingerprint density at radius 3 is 2.79 bits per heavy atom. The molecule has 1 aromatic carbocycles. The molecule has 102 valence electrons. The van der Waals surface area contributed by atoms with Crippen LogP contribution in [0.3, 0.4) is 0 Å². The van der Waals surface area contributed by atoms with Crippen molar-refractivity contribution in [2.45, 2.75) is 19.4 Å². The van der Waals surface area contributed by atoms with Gasteiger partial charge in [0.1, 0.15) is 5.75 Å². The van der Waals surface area contributed by atoms with Crippen LogP contribution >= 0.6 is 0 Å². The maximum Gasteiger partial charge on any atom is 0.176 e. The molecule has 0 saturated heterocycles. The zero-order valence-electron chi connectivity index (χ0n) is 11.3. The normalized spacial score (nSPS) is 12.4. The van der Waals surface area contributed by atoms with Crippen molar-refractivity contribution in [2.75, 3.05) is 7.11 Å². The van der Waals surface area contributed by atoms with Crippen molar-refractivity contribution in [3.05, 3.63) is 35.2 Å². The molecular formula is C12H18N6O. The molecule has 2 rings (SSSR count). The van der Waals surface area contributed by atoms with Crippen LogP contribution in [0.15, 0.2) is 18.2 Å². The van der Waals surface area contributed by atoms with Gasteiger partial charge in [-0.3, -0.25) is 11.3 Å². The number of nitrogens with two attached hydrogens (primary N) is 1. The number of aryl methyl sites for hydroxylation is 2. The van der Waals surface area contributed by atoms with Crippen molar-refractivity contribution in [1.82, 2.24) is 25.6 Å². The fourth-order valence-electron chi connectivity index (χ4n) is 1.98. The van der Waals surface area contributed by atoms with Crippen molar-refractivity contribution in [3.63, 3.8) is 0 Å². The maximum absolute atomic E-state index is 5.62. The van der Waals surface area contributed by atoms with E-state index in [0.717, 1.165) is 16.9 Å². The fraction of sp³-hybridized carbons (Fsp3) is 0.417. The molecule has 1 heterocycles. The Labute approximate surface area is 111 Å². The highest BCUT2D eigenvalue weighted by molar-refractivity contribution is 5.37. The molecule has 0 amide bonds. The zero-order valence-corrected chi connectivity index (χ0v) is 11.3. The van der Waals surface area contributed by atoms with Crippen molar-refractivity contribution in [1.29, 1.82) is 0 Å². The number of hydrogen-bond acceptors (Lipinski definition) is 6. The molecule has 3 N–H and O–H groups in total. The second kappa shape index (κ2) is 5.77. The lowest BCUT2D eigenvalue weighted by Crippen LogP contribution is -2.30. The molecule has 19 heavy (non-hydrogen) atoms. The number of hydrogen-bond donors (Lipinski definition) is 2. The second-order valence-corrected chi connectivity index (χ2v) is 4.35. The Morgan fingerprint density at radius 2 is 2.26 bits per heavy atom. The number of nitrogens with zero attached hydrogens (tertiary/aromatic N) is 4. The molecular weight excluding hydrogens is 244 g/mol. The van der Waals surface area contributed by atoms with Crippen LogP contribution in [0, 0.1) is 6.92 Å². The van der Waals surface area contributed by atoms with Crippen molar-refractivity contribution in [3.8, 4) is 5.75 Å². The van der Waals surface area contributed by atoms with E-state index in [2.05, 4.69) is 20.8 Å². The molecule has 0 aliphatic carbocycles. The maximum atomic E-state index is 5.62. The average molecular weight is 262 g/mol. The number of nitrogens with one attached hydrogen (secondary N) is 1. The Kier molecular flexibility index (Phi) is 4.08. The smallest absolute Gasteiger partial charge is 0.176 e. The van der Waals surface area contributed by atoms with Crippen LogP contribution in [0.1, 0.15) is 23.0 Å². The van der Waals surface area contributed by atoms with Crippen LogP contribution in [-0.4, -0.2) is 27.3 Å². The third kappa shape index (κ3) is 3.07. The summed E-state index contributed by atoms with van der Waals surface area (Å²) in [6.45, 7) is 2.00. The molecule has 7 nitrogen and oxygen atoms in total. The predicted octanol–water partition coefficient (Wildman–Crippen LogP) is 0.274. The molecule has 2 aromatic rings. The van der Waals surface area contributed by atoms with Gasteiger partial charge in [-0.05, 0) is 29.3 Å². The summed E-state index contributed by atoms with van der Waals surface area (Å²) in [5.41, 5.74) is 4.91. The highest BCUT2D eigenvalue weighted by Crippen LogP contribution is 2.23. The minimum atomic E-state index is -0.0613. The van der Waals surface area contributed by atoms with Crippen LogP contribution in [-0.2, 0) is 13.5 Å². The standard InChI is InChI=1S/C12H18N6O/c1-8-6-9(4-5-11(8)19-3)10(14-13)7-12-15-17-18(2)16-12/h4-6,10,14H,7,13H2,1-3H3. The summed E-state index contributed by atoms with van der Waals surface area (Å²) in [5.74, 6) is 7.13. The van der Waals surface area contributed by atoms with Crippen LogP contribution in [0.25, 0.3) is 0 Å². The number of ether oxygens (including phenoxy) is 1. The second-order valence-electron chi connectivity index (χ2n) is 4.35. The molecule has 7 heteroatoms. The van der Waals surface area contributed by atoms with Crippen molar-refractivity contribution < 1.29 is 4.74 Å². The van der Waals surface area contributed by atoms with E-state index >= 15 is 0 Å². The summed E-state index contributed by atoms with van der Waals surface area (Å²) in [5, 5.41) is 11.9. The van der Waals surface area contributed by atoms with E-state index in [1.54, 1.807) is 14.2 Å². The first-order valence-electron chi connectivity index (χ1n) is 5.97. The molecule has 0 aliphatic heterocycles. The van der Waals surface area contributed by atoms with E-state index in [4.69, 9.17) is 10.6 Å². The molecule has 0 bridgehead atoms. The molecule has 0 saturated carbocycles. The van der Waals surface area contributed by atoms with Gasteiger partial charge < -0.3 is 4.74 Å². The highest BCUT2D eigenvalue weighted by Gasteiger charge is 2.14. The molecule has 0 aliphatic rings. The lowest BCUT2D eigenvalue weighted by molar-refractivity contribution is 0.411. The molecule has 0 fully saturated rings. The van der Waals surface area contributed by atoms with E-state index in [1.807, 2.05) is 25.1 Å². The average Bonchev–Trinajstić information content (AvgIpc) is 2.81. The Bertz CT molecular complexity index is 553. The topological polar surface area (TPSA) is 90.9 Å². The third-order valence-electron chi connectivity index (χ3n) is 2.96. The summed E-state index contributed by atoms with van der Waals surface area (Å²) < 4.78 is 5.25. The van der Waals surface area contributed by atoms with E-state index in [9.17, 15) is 0 Å². The van der Waals surface area contributed by atoms with Crippen molar-refractivity contribution >= 4 is 0 Å². The number of methoxy groups -OCH3 is 1. The molecule has 1 atom stereocenters. The number of rotatable bonds is 5. The van der Waals surface area contributed by atoms with Gasteiger partial charge in [-0.25, -0.2) is 0 Å². The lowest BCUT2D eigenvalue weighted by atomic mass is 10.0. The first-order chi connectivity index (χ1) is 9.13. The van der Waals surface area contributed by atoms with Crippen LogP contribution < -0.4 is 16.0 Å². The summed E-state index contributed by atoms with van der Waals surface area (Å²) >= 11 is 0. The summed E-state index contributed by atoms with van der Waals surface area (Å²) in [4.78, 5) is 1.43. The SMILES string of the molecule is COc1ccc(C(Cc2nnn(C)n2)NN)cc1C. The first-order valence-corrected chi connectivity index (χ1v) is 5.97. The minimum absolute atomic E-state index is 0.0613. The van der Waals surface area contributed by atoms with Gasteiger partial charge in [0.05, 0.1) is 20.2 Å². The fourth-order valence-corrected chi connectivity index (χ4v) is 1.98. The first kappa shape index (κ1) is 13.4. The number of tetrazole rings is 1. The van der Waals surface area contributed by atoms with Gasteiger partial charge in [0.25, 0.3) is 0 Å². The van der Waals surface area contributed by atoms with E-state index in [1.165, 1.54) is 4.80 Å². The summed E-state index contributed by atoms with van der Waals surface area (Å²) in [6.07, 6.45) is 0.579. The molecule has 1 aromatic heterocycles. The Morgan fingerprint density at radius 1 is 1.47 bits per heavy atom. The molecule has 0 spiro atoms. The van der Waals surface area contributed by atoms with Crippen molar-refractivity contribution in [2.24, 2.45) is 12.9 Å². The largest absolute Gasteiger partial charge is 0.496 e. The summed E-state index contributed by atoms with van der Waals surface area (Å²) in [6, 6.07) is 5.89. The van der Waals surface area contributed by atoms with Gasteiger partial charge in [0, 0.05) is 6.42 Å². The zero-order chi connectivity index (χ0) is 13.8. The van der Waals surface area contributed by atoms with Gasteiger partial charge in [0.2, 0.25) is 0 Å². The number of hydrazine groups is 1. The molecule has 0 radical (unpaired) electrons. The van der Waals surface area contributed by atoms with E-state index in [0.29, 0.717) is 12.2 Å². The quantitative estimate of drug-likeness (QED) is 0.594. The van der Waals surface area contributed by atoms with Crippen LogP contribution in [0.5, 0.6) is 5.75 Å². The Hall–Kier alpha value is -1.99. The third-order valence-corrected chi connectivity index (χ3v) is 2.96. The lowest BCUT2D eigenvalue weighted by Gasteiger charge is -2.16. The van der Waals surface area contributed by atoms with E-state index < -0.39 is 0 Å². The minimum Gasteiger partial charge on any atom is -0.496 e. The summed E-state index contributed by atoms with van der Waals surface area (Å²) in [7, 11) is 3.39. The van der Waals surface area contributed by atoms with Gasteiger partial charge in [0.15, 0.2) is 5.82 Å². The van der Waals surface area contributed by atoms with Crippen LogP contribution in [0.4, 0.5) is 0 Å².